The molecule has 172 valence electrons. The molecule has 1 unspecified atom stereocenters. The van der Waals surface area contributed by atoms with Crippen LogP contribution >= 0.6 is 0 Å². The van der Waals surface area contributed by atoms with Crippen molar-refractivity contribution in [3.8, 4) is 0 Å². The summed E-state index contributed by atoms with van der Waals surface area (Å²) in [6.07, 6.45) is 2.68. The van der Waals surface area contributed by atoms with E-state index in [2.05, 4.69) is 43.5 Å². The van der Waals surface area contributed by atoms with Gasteiger partial charge < -0.3 is 25.3 Å². The van der Waals surface area contributed by atoms with Crippen LogP contribution in [0.3, 0.4) is 0 Å². The smallest absolute Gasteiger partial charge is 0.191 e. The minimum atomic E-state index is -0.559. The largest absolute Gasteiger partial charge is 0.367 e. The van der Waals surface area contributed by atoms with Crippen LogP contribution in [0.2, 0.25) is 0 Å². The molecule has 3 heterocycles. The van der Waals surface area contributed by atoms with Gasteiger partial charge in [0.05, 0.1) is 5.69 Å². The van der Waals surface area contributed by atoms with Gasteiger partial charge in [-0.1, -0.05) is 6.07 Å². The molecule has 0 bridgehead atoms. The van der Waals surface area contributed by atoms with E-state index in [4.69, 9.17) is 0 Å². The number of likely N-dealkylation sites (N-methyl/N-ethyl adjacent to an activating group) is 1. The average molecular weight is 444 g/mol. The van der Waals surface area contributed by atoms with Gasteiger partial charge in [0.2, 0.25) is 0 Å². The third kappa shape index (κ3) is 5.27. The third-order valence-electron chi connectivity index (χ3n) is 6.12. The third-order valence-corrected chi connectivity index (χ3v) is 6.12. The Balaban J connectivity index is 1.33. The van der Waals surface area contributed by atoms with Gasteiger partial charge in [0.1, 0.15) is 17.5 Å². The van der Waals surface area contributed by atoms with Gasteiger partial charge >= 0.3 is 0 Å². The zero-order valence-corrected chi connectivity index (χ0v) is 18.7. The molecule has 2 saturated heterocycles. The highest BCUT2D eigenvalue weighted by Gasteiger charge is 2.25. The van der Waals surface area contributed by atoms with Crippen LogP contribution in [-0.2, 0) is 6.54 Å². The molecule has 1 aromatic carbocycles. The highest BCUT2D eigenvalue weighted by molar-refractivity contribution is 5.80. The van der Waals surface area contributed by atoms with E-state index in [0.29, 0.717) is 31.3 Å². The predicted octanol–water partition coefficient (Wildman–Crippen LogP) is 2.06. The first-order valence-corrected chi connectivity index (χ1v) is 11.1. The van der Waals surface area contributed by atoms with Crippen molar-refractivity contribution in [1.29, 1.82) is 0 Å². The number of rotatable bonds is 5. The normalized spacial score (nSPS) is 20.0. The fourth-order valence-corrected chi connectivity index (χ4v) is 4.27. The van der Waals surface area contributed by atoms with Crippen molar-refractivity contribution in [2.24, 2.45) is 4.99 Å². The van der Waals surface area contributed by atoms with Crippen molar-refractivity contribution < 1.29 is 8.78 Å². The lowest BCUT2D eigenvalue weighted by Crippen LogP contribution is -2.46. The van der Waals surface area contributed by atoms with Gasteiger partial charge in [-0.25, -0.2) is 13.8 Å². The Bertz CT molecular complexity index is 944. The van der Waals surface area contributed by atoms with Crippen LogP contribution in [0.15, 0.2) is 41.5 Å². The number of hydrogen-bond acceptors (Lipinski definition) is 5. The van der Waals surface area contributed by atoms with Crippen LogP contribution in [0.4, 0.5) is 20.3 Å². The summed E-state index contributed by atoms with van der Waals surface area (Å²) in [5.74, 6) is 0.629. The Labute approximate surface area is 188 Å². The number of benzene rings is 1. The number of guanidine groups is 1. The Morgan fingerprint density at radius 3 is 2.69 bits per heavy atom. The summed E-state index contributed by atoms with van der Waals surface area (Å²) < 4.78 is 27.3. The second-order valence-electron chi connectivity index (χ2n) is 8.37. The summed E-state index contributed by atoms with van der Waals surface area (Å²) >= 11 is 0. The maximum atomic E-state index is 14.1. The zero-order chi connectivity index (χ0) is 22.5. The summed E-state index contributed by atoms with van der Waals surface area (Å²) in [7, 11) is 3.88. The first kappa shape index (κ1) is 22.3. The monoisotopic (exact) mass is 443 g/mol. The Hall–Kier alpha value is -2.94. The summed E-state index contributed by atoms with van der Waals surface area (Å²) in [5.41, 5.74) is 1.56. The average Bonchev–Trinajstić information content (AvgIpc) is 3.25. The first-order chi connectivity index (χ1) is 15.5. The molecule has 7 nitrogen and oxygen atoms in total. The Kier molecular flexibility index (Phi) is 7.04. The Morgan fingerprint density at radius 2 is 1.94 bits per heavy atom. The molecule has 4 rings (SSSR count). The zero-order valence-electron chi connectivity index (χ0n) is 18.7. The predicted molar refractivity (Wildman–Crippen MR) is 124 cm³/mol. The molecule has 0 spiro atoms. The van der Waals surface area contributed by atoms with Gasteiger partial charge in [0, 0.05) is 76.7 Å². The van der Waals surface area contributed by atoms with Gasteiger partial charge in [0.25, 0.3) is 0 Å². The Morgan fingerprint density at radius 1 is 1.12 bits per heavy atom. The van der Waals surface area contributed by atoms with Crippen LogP contribution in [0, 0.1) is 11.6 Å². The molecule has 9 heteroatoms. The van der Waals surface area contributed by atoms with Crippen molar-refractivity contribution in [3.05, 3.63) is 53.7 Å². The molecule has 32 heavy (non-hydrogen) atoms. The number of anilines is 2. The van der Waals surface area contributed by atoms with E-state index in [1.54, 1.807) is 7.05 Å². The van der Waals surface area contributed by atoms with Crippen LogP contribution in [-0.4, -0.2) is 75.2 Å². The van der Waals surface area contributed by atoms with Gasteiger partial charge in [-0.3, -0.25) is 4.99 Å². The van der Waals surface area contributed by atoms with Crippen molar-refractivity contribution >= 4 is 17.5 Å². The molecule has 2 N–H and O–H groups in total. The maximum absolute atomic E-state index is 14.1. The summed E-state index contributed by atoms with van der Waals surface area (Å²) in [6.45, 7) is 5.92. The van der Waals surface area contributed by atoms with Crippen molar-refractivity contribution in [1.82, 2.24) is 20.5 Å². The van der Waals surface area contributed by atoms with E-state index in [1.807, 2.05) is 17.2 Å². The molecule has 0 amide bonds. The lowest BCUT2D eigenvalue weighted by molar-refractivity contribution is 0.312. The summed E-state index contributed by atoms with van der Waals surface area (Å²) in [5, 5.41) is 6.83. The van der Waals surface area contributed by atoms with Crippen molar-refractivity contribution in [3.63, 3.8) is 0 Å². The topological polar surface area (TPSA) is 59.0 Å². The molecular weight excluding hydrogens is 412 g/mol. The summed E-state index contributed by atoms with van der Waals surface area (Å²) in [6, 6.07) is 7.90. The van der Waals surface area contributed by atoms with Gasteiger partial charge in [-0.2, -0.15) is 0 Å². The minimum Gasteiger partial charge on any atom is -0.367 e. The van der Waals surface area contributed by atoms with Gasteiger partial charge in [-0.15, -0.1) is 0 Å². The number of halogens is 2. The number of nitrogens with one attached hydrogen (secondary N) is 2. The highest BCUT2D eigenvalue weighted by Crippen LogP contribution is 2.24. The van der Waals surface area contributed by atoms with E-state index >= 15 is 0 Å². The fraction of sp³-hybridized carbons (Fsp3) is 0.478. The number of hydrogen-bond donors (Lipinski definition) is 2. The van der Waals surface area contributed by atoms with Crippen LogP contribution < -0.4 is 20.4 Å². The van der Waals surface area contributed by atoms with Gasteiger partial charge in [0.15, 0.2) is 5.96 Å². The standard InChI is InChI=1S/C23H31F2N7/c1-26-23(29-19-7-9-32(16-19)21-6-5-18(24)14-20(21)25)28-15-17-4-3-8-27-22(17)31-12-10-30(2)11-13-31/h3-6,8,14,19H,7,9-13,15-16H2,1-2H3,(H2,26,28,29). The lowest BCUT2D eigenvalue weighted by atomic mass is 10.2. The molecule has 1 atom stereocenters. The number of pyridine rings is 1. The second-order valence-corrected chi connectivity index (χ2v) is 8.37. The van der Waals surface area contributed by atoms with E-state index in [0.717, 1.165) is 50.0 Å². The van der Waals surface area contributed by atoms with Crippen LogP contribution in [0.5, 0.6) is 0 Å². The van der Waals surface area contributed by atoms with E-state index in [9.17, 15) is 8.78 Å². The molecule has 2 fully saturated rings. The molecule has 2 aliphatic rings. The first-order valence-electron chi connectivity index (χ1n) is 11.1. The lowest BCUT2D eigenvalue weighted by Gasteiger charge is -2.34. The van der Waals surface area contributed by atoms with E-state index in [1.165, 1.54) is 12.1 Å². The molecule has 2 aromatic rings. The van der Waals surface area contributed by atoms with E-state index in [-0.39, 0.29) is 6.04 Å². The second kappa shape index (κ2) is 10.1. The van der Waals surface area contributed by atoms with Crippen LogP contribution in [0.1, 0.15) is 12.0 Å². The number of aliphatic imine (C=N–C) groups is 1. The number of nitrogens with zero attached hydrogens (tertiary/aromatic N) is 5. The molecule has 2 aliphatic heterocycles. The van der Waals surface area contributed by atoms with Gasteiger partial charge in [-0.05, 0) is 31.7 Å². The molecular formula is C23H31F2N7. The van der Waals surface area contributed by atoms with Crippen LogP contribution in [0.25, 0.3) is 0 Å². The quantitative estimate of drug-likeness (QED) is 0.545. The molecule has 0 saturated carbocycles. The maximum Gasteiger partial charge on any atom is 0.191 e. The SMILES string of the molecule is CN=C(NCc1cccnc1N1CCN(C)CC1)NC1CCN(c2ccc(F)cc2F)C1. The fourth-order valence-electron chi connectivity index (χ4n) is 4.27. The molecule has 1 aromatic heterocycles. The van der Waals surface area contributed by atoms with Crippen molar-refractivity contribution in [2.45, 2.75) is 19.0 Å². The summed E-state index contributed by atoms with van der Waals surface area (Å²) in [4.78, 5) is 15.6. The molecule has 0 aliphatic carbocycles. The number of piperazine rings is 1. The number of aromatic nitrogens is 1. The van der Waals surface area contributed by atoms with Crippen molar-refractivity contribution in [2.75, 3.05) is 63.2 Å². The van der Waals surface area contributed by atoms with E-state index < -0.39 is 11.6 Å². The highest BCUT2D eigenvalue weighted by atomic mass is 19.1. The molecule has 0 radical (unpaired) electrons. The minimum absolute atomic E-state index is 0.122.